The number of aliphatic hydroxyl groups is 3. The summed E-state index contributed by atoms with van der Waals surface area (Å²) >= 11 is 0. The molecule has 0 unspecified atom stereocenters. The van der Waals surface area contributed by atoms with Gasteiger partial charge < -0.3 is 36.0 Å². The number of phenols is 1. The van der Waals surface area contributed by atoms with E-state index >= 15 is 0 Å². The van der Waals surface area contributed by atoms with Crippen LogP contribution in [-0.4, -0.2) is 131 Å². The minimum Gasteiger partial charge on any atom is -0.508 e. The number of nitrogens with two attached hydrogens (primary N) is 1. The predicted octanol–water partition coefficient (Wildman–Crippen LogP) is 0.591. The molecule has 4 aliphatic rings. The lowest BCUT2D eigenvalue weighted by atomic mass is 9.51. The van der Waals surface area contributed by atoms with Crippen molar-refractivity contribution in [1.29, 1.82) is 0 Å². The number of likely N-dealkylation sites (N-methyl/N-ethyl adjacent to an activating group) is 1. The molecular weight excluding hydrogens is 594 g/mol. The number of carbonyl (C=O) groups excluding carboxylic acids is 4. The summed E-state index contributed by atoms with van der Waals surface area (Å²) in [4.78, 5) is 61.0. The zero-order valence-corrected chi connectivity index (χ0v) is 27.5. The zero-order valence-electron chi connectivity index (χ0n) is 27.5. The number of amides is 2. The minimum absolute atomic E-state index is 0.0289. The fourth-order valence-electron chi connectivity index (χ4n) is 8.04. The quantitative estimate of drug-likeness (QED) is 0.284. The van der Waals surface area contributed by atoms with Gasteiger partial charge in [-0.2, -0.15) is 0 Å². The van der Waals surface area contributed by atoms with Gasteiger partial charge in [0.25, 0.3) is 5.91 Å². The van der Waals surface area contributed by atoms with Crippen molar-refractivity contribution in [3.63, 3.8) is 0 Å². The van der Waals surface area contributed by atoms with E-state index in [0.717, 1.165) is 0 Å². The van der Waals surface area contributed by atoms with Gasteiger partial charge in [-0.05, 0) is 44.6 Å². The van der Waals surface area contributed by atoms with Crippen molar-refractivity contribution >= 4 is 34.8 Å². The SMILES string of the molecule is CN(C)c1ccc(O)c2c1C[C@@]1(CN3CCN(C(=O)C(C)(C)C)CC3)C[C@H]3[C@H](N(C)C)C(=O)C(C(N)=O)=C(O)[C@@]3(O)C(=O)C1=C2O. The van der Waals surface area contributed by atoms with E-state index in [-0.39, 0.29) is 42.2 Å². The number of primary amides is 1. The monoisotopic (exact) mass is 639 g/mol. The molecule has 250 valence electrons. The molecule has 3 aliphatic carbocycles. The molecule has 46 heavy (non-hydrogen) atoms. The topological polar surface area (TPSA) is 188 Å². The number of aromatic hydroxyl groups is 1. The van der Waals surface area contributed by atoms with Crippen LogP contribution in [0.25, 0.3) is 5.76 Å². The lowest BCUT2D eigenvalue weighted by Gasteiger charge is -2.56. The van der Waals surface area contributed by atoms with E-state index in [1.165, 1.54) is 11.0 Å². The smallest absolute Gasteiger partial charge is 0.255 e. The summed E-state index contributed by atoms with van der Waals surface area (Å²) in [7, 11) is 6.80. The summed E-state index contributed by atoms with van der Waals surface area (Å²) in [5.74, 6) is -6.26. The first-order chi connectivity index (χ1) is 21.3. The van der Waals surface area contributed by atoms with Crippen LogP contribution >= 0.6 is 0 Å². The van der Waals surface area contributed by atoms with Gasteiger partial charge in [-0.3, -0.25) is 29.0 Å². The van der Waals surface area contributed by atoms with E-state index in [1.807, 2.05) is 44.7 Å². The van der Waals surface area contributed by atoms with Gasteiger partial charge in [0.15, 0.2) is 11.4 Å². The van der Waals surface area contributed by atoms with E-state index in [4.69, 9.17) is 5.73 Å². The summed E-state index contributed by atoms with van der Waals surface area (Å²) in [6.45, 7) is 7.66. The number of phenolic OH excluding ortho intramolecular Hbond substituents is 1. The third kappa shape index (κ3) is 4.87. The van der Waals surface area contributed by atoms with Gasteiger partial charge in [0.1, 0.15) is 22.8 Å². The van der Waals surface area contributed by atoms with E-state index in [2.05, 4.69) is 4.90 Å². The Morgan fingerprint density at radius 3 is 2.15 bits per heavy atom. The molecule has 1 saturated carbocycles. The van der Waals surface area contributed by atoms with Gasteiger partial charge in [-0.15, -0.1) is 0 Å². The maximum Gasteiger partial charge on any atom is 0.255 e. The van der Waals surface area contributed by atoms with Crippen LogP contribution in [0.5, 0.6) is 5.75 Å². The molecule has 1 heterocycles. The number of hydrogen-bond donors (Lipinski definition) is 5. The average molecular weight is 640 g/mol. The van der Waals surface area contributed by atoms with Crippen LogP contribution in [-0.2, 0) is 25.6 Å². The Balaban J connectivity index is 1.70. The van der Waals surface area contributed by atoms with Crippen LogP contribution in [0.1, 0.15) is 38.3 Å². The number of Topliss-reactive ketones (excluding diaryl/α,β-unsaturated/α-hetero) is 2. The van der Waals surface area contributed by atoms with E-state index in [0.29, 0.717) is 37.4 Å². The third-order valence-electron chi connectivity index (χ3n) is 10.1. The van der Waals surface area contributed by atoms with Crippen molar-refractivity contribution in [3.8, 4) is 5.75 Å². The molecule has 0 aromatic heterocycles. The van der Waals surface area contributed by atoms with Gasteiger partial charge >= 0.3 is 0 Å². The molecule has 0 spiro atoms. The molecule has 13 nitrogen and oxygen atoms in total. The van der Waals surface area contributed by atoms with Crippen molar-refractivity contribution in [3.05, 3.63) is 40.2 Å². The second-order valence-corrected chi connectivity index (χ2v) is 14.6. The van der Waals surface area contributed by atoms with Crippen LogP contribution in [0.15, 0.2) is 29.0 Å². The largest absolute Gasteiger partial charge is 0.508 e. The van der Waals surface area contributed by atoms with Crippen LogP contribution in [0, 0.1) is 16.7 Å². The highest BCUT2D eigenvalue weighted by atomic mass is 16.3. The molecule has 1 aliphatic heterocycles. The Morgan fingerprint density at radius 2 is 1.63 bits per heavy atom. The van der Waals surface area contributed by atoms with Crippen molar-refractivity contribution in [2.45, 2.75) is 45.3 Å². The summed E-state index contributed by atoms with van der Waals surface area (Å²) in [6, 6.07) is 1.93. The summed E-state index contributed by atoms with van der Waals surface area (Å²) in [5, 5.41) is 46.4. The Hall–Kier alpha value is -3.94. The second-order valence-electron chi connectivity index (χ2n) is 14.6. The highest BCUT2D eigenvalue weighted by molar-refractivity contribution is 6.24. The first-order valence-electron chi connectivity index (χ1n) is 15.5. The van der Waals surface area contributed by atoms with Crippen LogP contribution in [0.2, 0.25) is 0 Å². The Morgan fingerprint density at radius 1 is 1.02 bits per heavy atom. The number of nitrogens with zero attached hydrogens (tertiary/aromatic N) is 4. The van der Waals surface area contributed by atoms with Gasteiger partial charge in [0, 0.05) is 74.8 Å². The molecule has 2 fully saturated rings. The Bertz CT molecular complexity index is 1580. The number of aliphatic hydroxyl groups excluding tert-OH is 2. The van der Waals surface area contributed by atoms with Crippen molar-refractivity contribution in [1.82, 2.24) is 14.7 Å². The first-order valence-corrected chi connectivity index (χ1v) is 15.5. The molecule has 1 saturated heterocycles. The standard InChI is InChI=1S/C33H45N5O8/c1-31(2,3)30(45)38-12-10-37(11-13-38)16-32-14-17-19(35(4)5)8-9-20(39)21(17)25(40)23(32)28(43)33(46)18(15-32)24(36(6)7)26(41)22(27(33)42)29(34)44/h8-9,18,24,39-40,42,46H,10-16H2,1-7H3,(H2,34,44)/t18-,24-,32-,33+/m0/s1. The van der Waals surface area contributed by atoms with E-state index in [9.17, 15) is 39.6 Å². The molecule has 5 rings (SSSR count). The van der Waals surface area contributed by atoms with Crippen LogP contribution in [0.3, 0.4) is 0 Å². The molecule has 6 N–H and O–H groups in total. The highest BCUT2D eigenvalue weighted by Gasteiger charge is 2.68. The molecule has 1 aromatic rings. The summed E-state index contributed by atoms with van der Waals surface area (Å²) in [6.07, 6.45) is 0.118. The molecule has 13 heteroatoms. The zero-order chi connectivity index (χ0) is 34.3. The number of fused-ring (bicyclic) bond motifs is 3. The van der Waals surface area contributed by atoms with Crippen molar-refractivity contribution in [2.75, 3.05) is 65.8 Å². The molecule has 0 bridgehead atoms. The summed E-state index contributed by atoms with van der Waals surface area (Å²) < 4.78 is 0. The number of ketones is 2. The maximum absolute atomic E-state index is 14.7. The normalized spacial score (nSPS) is 28.7. The lowest BCUT2D eigenvalue weighted by molar-refractivity contribution is -0.158. The molecular formula is C33H45N5O8. The van der Waals surface area contributed by atoms with Gasteiger partial charge in [0.2, 0.25) is 11.7 Å². The predicted molar refractivity (Wildman–Crippen MR) is 170 cm³/mol. The number of anilines is 1. The number of rotatable bonds is 5. The van der Waals surface area contributed by atoms with Gasteiger partial charge in [-0.1, -0.05) is 20.8 Å². The van der Waals surface area contributed by atoms with Crippen molar-refractivity contribution < 1.29 is 39.6 Å². The van der Waals surface area contributed by atoms with Gasteiger partial charge in [0.05, 0.1) is 11.6 Å². The summed E-state index contributed by atoms with van der Waals surface area (Å²) in [5.41, 5.74) is 1.28. The average Bonchev–Trinajstić information content (AvgIpc) is 2.94. The van der Waals surface area contributed by atoms with Gasteiger partial charge in [-0.25, -0.2) is 0 Å². The number of hydrogen-bond acceptors (Lipinski definition) is 11. The second kappa shape index (κ2) is 11.1. The Labute approximate surface area is 268 Å². The van der Waals surface area contributed by atoms with Crippen LogP contribution < -0.4 is 10.6 Å². The van der Waals surface area contributed by atoms with Crippen molar-refractivity contribution in [2.24, 2.45) is 22.5 Å². The van der Waals surface area contributed by atoms with E-state index in [1.54, 1.807) is 20.2 Å². The number of carbonyl (C=O) groups is 4. The molecule has 2 amide bonds. The third-order valence-corrected chi connectivity index (χ3v) is 10.1. The molecule has 1 aromatic carbocycles. The first kappa shape index (κ1) is 33.4. The fraction of sp³-hybridized carbons (Fsp3) is 0.576. The fourth-order valence-corrected chi connectivity index (χ4v) is 8.04. The molecule has 0 radical (unpaired) electrons. The maximum atomic E-state index is 14.7. The van der Waals surface area contributed by atoms with Crippen LogP contribution in [0.4, 0.5) is 5.69 Å². The lowest BCUT2D eigenvalue weighted by Crippen LogP contribution is -2.68. The number of piperazine rings is 1. The Kier molecular flexibility index (Phi) is 8.06. The highest BCUT2D eigenvalue weighted by Crippen LogP contribution is 2.59. The van der Waals surface area contributed by atoms with E-state index < -0.39 is 63.0 Å². The number of benzene rings is 1. The minimum atomic E-state index is -2.75. The molecule has 4 atom stereocenters.